The molecule has 18 heavy (non-hydrogen) atoms. The van der Waals surface area contributed by atoms with E-state index >= 15 is 0 Å². The number of nitrogens with zero attached hydrogens (tertiary/aromatic N) is 3. The van der Waals surface area contributed by atoms with E-state index in [1.165, 1.54) is 11.3 Å². The smallest absolute Gasteiger partial charge is 0.179 e. The number of nitrogens with one attached hydrogen (secondary N) is 1. The predicted octanol–water partition coefficient (Wildman–Crippen LogP) is 1.76. The number of rotatable bonds is 3. The standard InChI is InChI=1S/C13H16N4S/c14-10-16-7-6-12(9-16)15-18-17-8-5-11-3-1-2-4-13(11)17/h1-4,12,15H,5-9H2. The second-order valence-corrected chi connectivity index (χ2v) is 5.58. The molecule has 0 bridgehead atoms. The van der Waals surface area contributed by atoms with Crippen molar-refractivity contribution < 1.29 is 0 Å². The third kappa shape index (κ3) is 2.26. The highest BCUT2D eigenvalue weighted by Crippen LogP contribution is 2.31. The van der Waals surface area contributed by atoms with Crippen molar-refractivity contribution in [3.05, 3.63) is 29.8 Å². The van der Waals surface area contributed by atoms with Crippen molar-refractivity contribution in [2.75, 3.05) is 23.9 Å². The highest BCUT2D eigenvalue weighted by atomic mass is 32.2. The predicted molar refractivity (Wildman–Crippen MR) is 73.8 cm³/mol. The van der Waals surface area contributed by atoms with Crippen LogP contribution in [0.3, 0.4) is 0 Å². The first-order valence-corrected chi connectivity index (χ1v) is 7.07. The molecule has 1 fully saturated rings. The van der Waals surface area contributed by atoms with Gasteiger partial charge in [-0.15, -0.1) is 0 Å². The molecule has 94 valence electrons. The maximum Gasteiger partial charge on any atom is 0.179 e. The van der Waals surface area contributed by atoms with Crippen LogP contribution in [0, 0.1) is 11.5 Å². The average Bonchev–Trinajstić information content (AvgIpc) is 3.03. The molecule has 1 aromatic carbocycles. The Labute approximate surface area is 112 Å². The summed E-state index contributed by atoms with van der Waals surface area (Å²) >= 11 is 1.68. The molecule has 2 heterocycles. The number of likely N-dealkylation sites (tertiary alicyclic amines) is 1. The van der Waals surface area contributed by atoms with Crippen LogP contribution in [0.15, 0.2) is 24.3 Å². The van der Waals surface area contributed by atoms with Gasteiger partial charge in [-0.1, -0.05) is 18.2 Å². The average molecular weight is 260 g/mol. The Morgan fingerprint density at radius 2 is 2.22 bits per heavy atom. The first kappa shape index (κ1) is 11.7. The second-order valence-electron chi connectivity index (χ2n) is 4.72. The summed E-state index contributed by atoms with van der Waals surface area (Å²) in [6.07, 6.45) is 4.38. The van der Waals surface area contributed by atoms with Crippen LogP contribution >= 0.6 is 12.1 Å². The minimum Gasteiger partial charge on any atom is -0.309 e. The van der Waals surface area contributed by atoms with Crippen LogP contribution < -0.4 is 9.03 Å². The van der Waals surface area contributed by atoms with Crippen LogP contribution in [0.25, 0.3) is 0 Å². The molecule has 1 atom stereocenters. The van der Waals surface area contributed by atoms with Crippen molar-refractivity contribution in [3.8, 4) is 6.19 Å². The second kappa shape index (κ2) is 5.09. The van der Waals surface area contributed by atoms with Crippen molar-refractivity contribution in [2.24, 2.45) is 0 Å². The Morgan fingerprint density at radius 1 is 1.33 bits per heavy atom. The van der Waals surface area contributed by atoms with Crippen molar-refractivity contribution in [3.63, 3.8) is 0 Å². The number of hydrogen-bond donors (Lipinski definition) is 1. The Balaban J connectivity index is 1.55. The van der Waals surface area contributed by atoms with Crippen LogP contribution in [-0.4, -0.2) is 30.6 Å². The van der Waals surface area contributed by atoms with Gasteiger partial charge in [-0.2, -0.15) is 5.26 Å². The fraction of sp³-hybridized carbons (Fsp3) is 0.462. The summed E-state index contributed by atoms with van der Waals surface area (Å²) < 4.78 is 5.79. The van der Waals surface area contributed by atoms with E-state index < -0.39 is 0 Å². The Kier molecular flexibility index (Phi) is 3.31. The number of fused-ring (bicyclic) bond motifs is 1. The molecule has 0 spiro atoms. The van der Waals surface area contributed by atoms with E-state index in [0.717, 1.165) is 32.5 Å². The summed E-state index contributed by atoms with van der Waals surface area (Å²) in [6.45, 7) is 2.77. The van der Waals surface area contributed by atoms with Crippen LogP contribution in [-0.2, 0) is 6.42 Å². The lowest BCUT2D eigenvalue weighted by Gasteiger charge is -2.20. The molecule has 2 aliphatic rings. The van der Waals surface area contributed by atoms with Crippen molar-refractivity contribution in [1.82, 2.24) is 9.62 Å². The normalized spacial score (nSPS) is 22.1. The number of hydrogen-bond acceptors (Lipinski definition) is 5. The topological polar surface area (TPSA) is 42.3 Å². The van der Waals surface area contributed by atoms with E-state index in [1.54, 1.807) is 12.1 Å². The summed E-state index contributed by atoms with van der Waals surface area (Å²) in [5, 5.41) is 8.82. The number of para-hydroxylation sites is 1. The number of anilines is 1. The van der Waals surface area contributed by atoms with E-state index in [9.17, 15) is 0 Å². The number of nitriles is 1. The Hall–Kier alpha value is -1.38. The molecule has 0 aromatic heterocycles. The lowest BCUT2D eigenvalue weighted by Crippen LogP contribution is -2.30. The van der Waals surface area contributed by atoms with Gasteiger partial charge in [0.15, 0.2) is 6.19 Å². The van der Waals surface area contributed by atoms with E-state index in [4.69, 9.17) is 5.26 Å². The van der Waals surface area contributed by atoms with Crippen LogP contribution in [0.5, 0.6) is 0 Å². The zero-order valence-electron chi connectivity index (χ0n) is 10.2. The fourth-order valence-corrected chi connectivity index (χ4v) is 3.42. The summed E-state index contributed by atoms with van der Waals surface area (Å²) in [6, 6.07) is 8.98. The zero-order chi connectivity index (χ0) is 12.4. The molecule has 0 saturated carbocycles. The molecule has 3 rings (SSSR count). The minimum atomic E-state index is 0.419. The van der Waals surface area contributed by atoms with Crippen LogP contribution in [0.1, 0.15) is 12.0 Å². The van der Waals surface area contributed by atoms with Gasteiger partial charge in [0.2, 0.25) is 0 Å². The highest BCUT2D eigenvalue weighted by Gasteiger charge is 2.24. The molecule has 1 N–H and O–H groups in total. The molecule has 0 aliphatic carbocycles. The summed E-state index contributed by atoms with van der Waals surface area (Å²) in [7, 11) is 0. The molecule has 1 saturated heterocycles. The lowest BCUT2D eigenvalue weighted by molar-refractivity contribution is 0.475. The van der Waals surface area contributed by atoms with Gasteiger partial charge in [-0.3, -0.25) is 0 Å². The summed E-state index contributed by atoms with van der Waals surface area (Å²) in [4.78, 5) is 1.82. The molecular formula is C13H16N4S. The number of benzene rings is 1. The van der Waals surface area contributed by atoms with Gasteiger partial charge in [0.05, 0.1) is 5.69 Å². The molecule has 4 nitrogen and oxygen atoms in total. The van der Waals surface area contributed by atoms with Crippen LogP contribution in [0.4, 0.5) is 5.69 Å². The van der Waals surface area contributed by atoms with Gasteiger partial charge in [-0.25, -0.2) is 4.72 Å². The van der Waals surface area contributed by atoms with E-state index in [2.05, 4.69) is 39.5 Å². The quantitative estimate of drug-likeness (QED) is 0.662. The van der Waals surface area contributed by atoms with Crippen molar-refractivity contribution >= 4 is 17.8 Å². The summed E-state index contributed by atoms with van der Waals surface area (Å²) in [5.41, 5.74) is 2.75. The van der Waals surface area contributed by atoms with Gasteiger partial charge in [0.25, 0.3) is 0 Å². The van der Waals surface area contributed by atoms with Gasteiger partial charge >= 0.3 is 0 Å². The van der Waals surface area contributed by atoms with E-state index in [1.807, 2.05) is 4.90 Å². The maximum absolute atomic E-state index is 8.82. The van der Waals surface area contributed by atoms with Crippen LogP contribution in [0.2, 0.25) is 0 Å². The molecule has 0 amide bonds. The molecule has 0 radical (unpaired) electrons. The zero-order valence-corrected chi connectivity index (χ0v) is 11.0. The van der Waals surface area contributed by atoms with Gasteiger partial charge in [0, 0.05) is 37.8 Å². The third-order valence-corrected chi connectivity index (χ3v) is 4.54. The van der Waals surface area contributed by atoms with E-state index in [0.29, 0.717) is 6.04 Å². The molecule has 2 aliphatic heterocycles. The fourth-order valence-electron chi connectivity index (χ4n) is 2.49. The SMILES string of the molecule is N#CN1CCC(NSN2CCc3ccccc32)C1. The highest BCUT2D eigenvalue weighted by molar-refractivity contribution is 7.98. The molecule has 1 aromatic rings. The largest absolute Gasteiger partial charge is 0.309 e. The Morgan fingerprint density at radius 3 is 3.06 bits per heavy atom. The first-order chi connectivity index (χ1) is 8.86. The molecular weight excluding hydrogens is 244 g/mol. The molecule has 1 unspecified atom stereocenters. The Bertz CT molecular complexity index is 470. The van der Waals surface area contributed by atoms with Crippen molar-refractivity contribution in [1.29, 1.82) is 5.26 Å². The maximum atomic E-state index is 8.82. The van der Waals surface area contributed by atoms with Crippen molar-refractivity contribution in [2.45, 2.75) is 18.9 Å². The minimum absolute atomic E-state index is 0.419. The first-order valence-electron chi connectivity index (χ1n) is 6.29. The molecule has 5 heteroatoms. The monoisotopic (exact) mass is 260 g/mol. The van der Waals surface area contributed by atoms with Gasteiger partial charge in [-0.05, 0) is 24.5 Å². The lowest BCUT2D eigenvalue weighted by atomic mass is 10.2. The third-order valence-electron chi connectivity index (χ3n) is 3.50. The van der Waals surface area contributed by atoms with E-state index in [-0.39, 0.29) is 0 Å². The van der Waals surface area contributed by atoms with Gasteiger partial charge in [0.1, 0.15) is 0 Å². The van der Waals surface area contributed by atoms with Gasteiger partial charge < -0.3 is 9.21 Å². The summed E-state index contributed by atoms with van der Waals surface area (Å²) in [5.74, 6) is 0.